The van der Waals surface area contributed by atoms with Gasteiger partial charge >= 0.3 is 0 Å². The second kappa shape index (κ2) is 34.3. The van der Waals surface area contributed by atoms with Gasteiger partial charge in [0.15, 0.2) is 0 Å². The van der Waals surface area contributed by atoms with Crippen molar-refractivity contribution < 1.29 is 8.42 Å². The van der Waals surface area contributed by atoms with Crippen LogP contribution in [0.2, 0.25) is 0 Å². The standard InChI is InChI=1S/C7H8.C5H12.C4H10O2S.C4H8.C4H10.C3H8.4CH4/c1-7-5-3-2-4-6-7;1-5(2,3)4;1-3-4-7(2,5)6;1-4-2-3-4;1-4(2)3;1-3-2;;;;/h2-6H,1H3;1-4H3;3-4H2,1-2H3;4H,2-3H2,1H3;4H,1-3H3;3H2,1-2H3;4*1H4. The van der Waals surface area contributed by atoms with E-state index in [-0.39, 0.29) is 29.7 Å². The molecular weight excluding hydrogens is 436 g/mol. The third-order valence-corrected chi connectivity index (χ3v) is 3.53. The second-order valence-electron chi connectivity index (χ2n) is 10.4. The van der Waals surface area contributed by atoms with Crippen molar-refractivity contribution in [3.05, 3.63) is 35.9 Å². The van der Waals surface area contributed by atoms with Crippen LogP contribution < -0.4 is 0 Å². The summed E-state index contributed by atoms with van der Waals surface area (Å²) in [5.74, 6) is 2.23. The summed E-state index contributed by atoms with van der Waals surface area (Å²) in [6.07, 6.45) is 6.19. The fourth-order valence-corrected chi connectivity index (χ4v) is 1.81. The number of aryl methyl sites for hydroxylation is 1. The number of rotatable bonds is 2. The van der Waals surface area contributed by atoms with Crippen molar-refractivity contribution in [3.63, 3.8) is 0 Å². The van der Waals surface area contributed by atoms with Gasteiger partial charge in [0.1, 0.15) is 9.84 Å². The molecule has 0 saturated heterocycles. The van der Waals surface area contributed by atoms with E-state index in [1.54, 1.807) is 0 Å². The van der Waals surface area contributed by atoms with Gasteiger partial charge in [-0.15, -0.1) is 0 Å². The Hall–Kier alpha value is -0.830. The van der Waals surface area contributed by atoms with Crippen LogP contribution in [-0.4, -0.2) is 20.4 Å². The molecule has 0 aliphatic heterocycles. The highest BCUT2D eigenvalue weighted by molar-refractivity contribution is 7.90. The maximum atomic E-state index is 10.2. The predicted molar refractivity (Wildman–Crippen MR) is 168 cm³/mol. The summed E-state index contributed by atoms with van der Waals surface area (Å²) in [4.78, 5) is 0. The average Bonchev–Trinajstić information content (AvgIpc) is 3.29. The molecule has 0 radical (unpaired) electrons. The smallest absolute Gasteiger partial charge is 0.147 e. The highest BCUT2D eigenvalue weighted by Crippen LogP contribution is 2.26. The first-order valence-electron chi connectivity index (χ1n) is 11.7. The van der Waals surface area contributed by atoms with Crippen molar-refractivity contribution in [2.75, 3.05) is 12.0 Å². The second-order valence-corrected chi connectivity index (χ2v) is 12.7. The summed E-state index contributed by atoms with van der Waals surface area (Å²) in [6, 6.07) is 10.3. The van der Waals surface area contributed by atoms with E-state index in [1.165, 1.54) is 31.1 Å². The quantitative estimate of drug-likeness (QED) is 0.398. The maximum absolute atomic E-state index is 10.2. The molecule has 1 aromatic carbocycles. The van der Waals surface area contributed by atoms with E-state index in [4.69, 9.17) is 0 Å². The van der Waals surface area contributed by atoms with Gasteiger partial charge in [0.2, 0.25) is 0 Å². The van der Waals surface area contributed by atoms with Crippen molar-refractivity contribution in [1.29, 1.82) is 0 Å². The van der Waals surface area contributed by atoms with E-state index in [0.29, 0.717) is 11.2 Å². The molecule has 34 heavy (non-hydrogen) atoms. The summed E-state index contributed by atoms with van der Waals surface area (Å²) in [6.45, 7) is 25.7. The van der Waals surface area contributed by atoms with E-state index in [1.807, 2.05) is 25.1 Å². The highest BCUT2D eigenvalue weighted by Gasteiger charge is 2.12. The van der Waals surface area contributed by atoms with Crippen LogP contribution in [0.3, 0.4) is 0 Å². The molecule has 0 amide bonds. The van der Waals surface area contributed by atoms with Crippen LogP contribution in [-0.2, 0) is 9.84 Å². The zero-order chi connectivity index (χ0) is 24.8. The van der Waals surface area contributed by atoms with Crippen LogP contribution in [0.25, 0.3) is 0 Å². The molecule has 1 saturated carbocycles. The van der Waals surface area contributed by atoms with Gasteiger partial charge in [-0.2, -0.15) is 0 Å². The zero-order valence-corrected chi connectivity index (χ0v) is 23.6. The summed E-state index contributed by atoms with van der Waals surface area (Å²) < 4.78 is 20.5. The van der Waals surface area contributed by atoms with Crippen LogP contribution in [0, 0.1) is 24.2 Å². The van der Waals surface area contributed by atoms with E-state index in [0.717, 1.165) is 18.3 Å². The van der Waals surface area contributed by atoms with Gasteiger partial charge in [-0.1, -0.05) is 161 Å². The molecule has 0 unspecified atom stereocenters. The van der Waals surface area contributed by atoms with E-state index in [2.05, 4.69) is 88.3 Å². The molecule has 1 aliphatic carbocycles. The van der Waals surface area contributed by atoms with Gasteiger partial charge in [0, 0.05) is 12.0 Å². The fourth-order valence-electron chi connectivity index (χ4n) is 1.07. The van der Waals surface area contributed by atoms with Crippen LogP contribution in [0.1, 0.15) is 137 Å². The molecular formula is C31H72O2S. The number of benzene rings is 1. The normalized spacial score (nSPS) is 10.6. The molecule has 2 nitrogen and oxygen atoms in total. The SMILES string of the molecule is C.C.C.C.CC(C)(C)C.CC(C)C.CC1CC1.CCC.CCCS(C)(=O)=O.Cc1ccccc1. The first kappa shape index (κ1) is 54.2. The topological polar surface area (TPSA) is 34.1 Å². The van der Waals surface area contributed by atoms with Gasteiger partial charge in [-0.3, -0.25) is 0 Å². The number of sulfone groups is 1. The molecule has 0 heterocycles. The number of hydrogen-bond acceptors (Lipinski definition) is 2. The van der Waals surface area contributed by atoms with Crippen LogP contribution in [0.4, 0.5) is 0 Å². The molecule has 1 aromatic rings. The van der Waals surface area contributed by atoms with Gasteiger partial charge in [0.05, 0.1) is 0 Å². The molecule has 2 rings (SSSR count). The Kier molecular flexibility index (Phi) is 54.7. The zero-order valence-electron chi connectivity index (χ0n) is 22.8. The van der Waals surface area contributed by atoms with Crippen LogP contribution >= 0.6 is 0 Å². The summed E-state index contributed by atoms with van der Waals surface area (Å²) in [5, 5.41) is 0. The molecule has 3 heteroatoms. The maximum Gasteiger partial charge on any atom is 0.147 e. The molecule has 0 bridgehead atoms. The Morgan fingerprint density at radius 1 is 0.853 bits per heavy atom. The lowest BCUT2D eigenvalue weighted by atomic mass is 10.0. The van der Waals surface area contributed by atoms with Gasteiger partial charge in [-0.25, -0.2) is 8.42 Å². The molecule has 0 atom stereocenters. The minimum atomic E-state index is -2.67. The van der Waals surface area contributed by atoms with E-state index < -0.39 is 9.84 Å². The Morgan fingerprint density at radius 3 is 1.15 bits per heavy atom. The summed E-state index contributed by atoms with van der Waals surface area (Å²) in [5.41, 5.74) is 1.82. The summed E-state index contributed by atoms with van der Waals surface area (Å²) in [7, 11) is -2.67. The third-order valence-electron chi connectivity index (χ3n) is 2.38. The lowest BCUT2D eigenvalue weighted by molar-refractivity contribution is 0.469. The molecule has 0 N–H and O–H groups in total. The highest BCUT2D eigenvalue weighted by atomic mass is 32.2. The van der Waals surface area contributed by atoms with Crippen molar-refractivity contribution >= 4 is 9.84 Å². The fraction of sp³-hybridized carbons (Fsp3) is 0.806. The van der Waals surface area contributed by atoms with Crippen LogP contribution in [0.15, 0.2) is 30.3 Å². The minimum Gasteiger partial charge on any atom is -0.229 e. The molecule has 1 fully saturated rings. The Morgan fingerprint density at radius 2 is 1.09 bits per heavy atom. The Bertz CT molecular complexity index is 514. The minimum absolute atomic E-state index is 0. The predicted octanol–water partition coefficient (Wildman–Crippen LogP) is 11.5. The molecule has 214 valence electrons. The van der Waals surface area contributed by atoms with Crippen molar-refractivity contribution in [2.45, 2.75) is 138 Å². The van der Waals surface area contributed by atoms with E-state index >= 15 is 0 Å². The van der Waals surface area contributed by atoms with Gasteiger partial charge in [-0.05, 0) is 30.6 Å². The average molecular weight is 509 g/mol. The lowest BCUT2D eigenvalue weighted by Gasteiger charge is -2.05. The van der Waals surface area contributed by atoms with E-state index in [9.17, 15) is 8.42 Å². The molecule has 0 spiro atoms. The first-order valence-corrected chi connectivity index (χ1v) is 13.7. The molecule has 1 aliphatic rings. The van der Waals surface area contributed by atoms with Crippen molar-refractivity contribution in [1.82, 2.24) is 0 Å². The van der Waals surface area contributed by atoms with Crippen molar-refractivity contribution in [3.8, 4) is 0 Å². The van der Waals surface area contributed by atoms with Crippen LogP contribution in [0.5, 0.6) is 0 Å². The monoisotopic (exact) mass is 509 g/mol. The largest absolute Gasteiger partial charge is 0.229 e. The lowest BCUT2D eigenvalue weighted by Crippen LogP contribution is -2.00. The molecule has 0 aromatic heterocycles. The first-order chi connectivity index (χ1) is 13.5. The summed E-state index contributed by atoms with van der Waals surface area (Å²) >= 11 is 0. The number of hydrogen-bond donors (Lipinski definition) is 0. The Labute approximate surface area is 221 Å². The third kappa shape index (κ3) is 141. The van der Waals surface area contributed by atoms with Gasteiger partial charge in [0.25, 0.3) is 0 Å². The van der Waals surface area contributed by atoms with Gasteiger partial charge < -0.3 is 0 Å². The van der Waals surface area contributed by atoms with Crippen molar-refractivity contribution in [2.24, 2.45) is 17.3 Å². The Balaban J connectivity index is -0.0000000397.